The van der Waals surface area contributed by atoms with Crippen molar-refractivity contribution in [2.24, 2.45) is 0 Å². The number of hydrogen-bond donors (Lipinski definition) is 0. The molecule has 19 heavy (non-hydrogen) atoms. The molecule has 1 heterocycles. The second-order valence-electron chi connectivity index (χ2n) is 4.20. The fourth-order valence-electron chi connectivity index (χ4n) is 1.74. The first-order valence-electron chi connectivity index (χ1n) is 5.65. The van der Waals surface area contributed by atoms with Gasteiger partial charge < -0.3 is 4.90 Å². The van der Waals surface area contributed by atoms with E-state index in [1.165, 1.54) is 12.1 Å². The van der Waals surface area contributed by atoms with E-state index in [0.717, 1.165) is 11.3 Å². The number of carbonyl (C=O) groups is 1. The minimum atomic E-state index is -0.184. The van der Waals surface area contributed by atoms with Crippen LogP contribution in [0.2, 0.25) is 10.3 Å². The van der Waals surface area contributed by atoms with E-state index in [1.54, 1.807) is 11.9 Å². The minimum Gasteiger partial charge on any atom is -0.311 e. The Bertz CT molecular complexity index is 608. The monoisotopic (exact) mass is 294 g/mol. The van der Waals surface area contributed by atoms with Crippen molar-refractivity contribution < 1.29 is 4.79 Å². The molecule has 0 atom stereocenters. The van der Waals surface area contributed by atoms with Gasteiger partial charge in [0.1, 0.15) is 10.3 Å². The number of carbonyl (C=O) groups excluding carboxylic acids is 1. The van der Waals surface area contributed by atoms with E-state index < -0.39 is 0 Å². The average Bonchev–Trinajstić information content (AvgIpc) is 2.36. The van der Waals surface area contributed by atoms with Crippen molar-refractivity contribution in [2.45, 2.75) is 6.92 Å². The van der Waals surface area contributed by atoms with Crippen molar-refractivity contribution in [3.8, 4) is 0 Å². The summed E-state index contributed by atoms with van der Waals surface area (Å²) in [6.45, 7) is 1.97. The van der Waals surface area contributed by atoms with Gasteiger partial charge in [0.2, 0.25) is 0 Å². The highest BCUT2D eigenvalue weighted by molar-refractivity contribution is 6.33. The topological polar surface area (TPSA) is 33.2 Å². The number of pyridine rings is 1. The summed E-state index contributed by atoms with van der Waals surface area (Å²) in [7, 11) is 1.71. The second-order valence-corrected chi connectivity index (χ2v) is 4.98. The smallest absolute Gasteiger partial charge is 0.258 e. The van der Waals surface area contributed by atoms with Gasteiger partial charge >= 0.3 is 0 Å². The summed E-state index contributed by atoms with van der Waals surface area (Å²) in [6.07, 6.45) is 0. The molecule has 0 fully saturated rings. The molecule has 0 spiro atoms. The molecule has 0 aliphatic carbocycles. The molecule has 98 valence electrons. The molecule has 1 amide bonds. The zero-order chi connectivity index (χ0) is 14.0. The van der Waals surface area contributed by atoms with Crippen LogP contribution in [0, 0.1) is 6.92 Å². The van der Waals surface area contributed by atoms with E-state index in [1.807, 2.05) is 31.2 Å². The van der Waals surface area contributed by atoms with E-state index in [9.17, 15) is 4.79 Å². The average molecular weight is 295 g/mol. The summed E-state index contributed by atoms with van der Waals surface area (Å²) in [5.74, 6) is -0.184. The van der Waals surface area contributed by atoms with Crippen LogP contribution in [0.3, 0.4) is 0 Å². The van der Waals surface area contributed by atoms with Crippen LogP contribution < -0.4 is 4.90 Å². The van der Waals surface area contributed by atoms with E-state index in [-0.39, 0.29) is 16.2 Å². The molecule has 0 saturated carbocycles. The summed E-state index contributed by atoms with van der Waals surface area (Å²) < 4.78 is 0. The fourth-order valence-corrected chi connectivity index (χ4v) is 2.20. The zero-order valence-corrected chi connectivity index (χ0v) is 12.0. The largest absolute Gasteiger partial charge is 0.311 e. The van der Waals surface area contributed by atoms with Crippen molar-refractivity contribution in [3.05, 3.63) is 57.8 Å². The number of aryl methyl sites for hydroxylation is 1. The summed E-state index contributed by atoms with van der Waals surface area (Å²) in [6, 6.07) is 10.7. The van der Waals surface area contributed by atoms with Crippen LogP contribution in [0.15, 0.2) is 36.4 Å². The minimum absolute atomic E-state index is 0.184. The molecule has 1 aromatic heterocycles. The first-order valence-corrected chi connectivity index (χ1v) is 6.41. The number of aromatic nitrogens is 1. The number of anilines is 1. The molecule has 0 unspecified atom stereocenters. The normalized spacial score (nSPS) is 10.3. The Morgan fingerprint density at radius 2 is 1.79 bits per heavy atom. The number of amides is 1. The van der Waals surface area contributed by atoms with Crippen molar-refractivity contribution in [2.75, 3.05) is 11.9 Å². The molecule has 0 aliphatic heterocycles. The first-order chi connectivity index (χ1) is 8.97. The molecular formula is C14H12Cl2N2O. The van der Waals surface area contributed by atoms with E-state index in [2.05, 4.69) is 4.98 Å². The Kier molecular flexibility index (Phi) is 4.08. The van der Waals surface area contributed by atoms with Gasteiger partial charge in [-0.2, -0.15) is 0 Å². The van der Waals surface area contributed by atoms with Crippen LogP contribution in [0.5, 0.6) is 0 Å². The molecule has 3 nitrogen and oxygen atoms in total. The van der Waals surface area contributed by atoms with Gasteiger partial charge in [0, 0.05) is 18.3 Å². The molecule has 0 bridgehead atoms. The van der Waals surface area contributed by atoms with Gasteiger partial charge in [-0.05, 0) is 36.8 Å². The number of nitrogens with zero attached hydrogens (tertiary/aromatic N) is 2. The van der Waals surface area contributed by atoms with Crippen LogP contribution >= 0.6 is 23.2 Å². The Morgan fingerprint density at radius 3 is 2.37 bits per heavy atom. The maximum Gasteiger partial charge on any atom is 0.258 e. The van der Waals surface area contributed by atoms with Crippen LogP contribution in [-0.2, 0) is 0 Å². The van der Waals surface area contributed by atoms with E-state index >= 15 is 0 Å². The zero-order valence-electron chi connectivity index (χ0n) is 10.5. The fraction of sp³-hybridized carbons (Fsp3) is 0.143. The van der Waals surface area contributed by atoms with Crippen LogP contribution in [0.25, 0.3) is 0 Å². The van der Waals surface area contributed by atoms with E-state index in [4.69, 9.17) is 23.2 Å². The lowest BCUT2D eigenvalue weighted by molar-refractivity contribution is 0.0993. The molecule has 2 rings (SSSR count). The standard InChI is InChI=1S/C14H12Cl2N2O/c1-9-4-3-5-11(6-9)18(2)14(19)10-7-12(15)17-13(16)8-10/h3-8H,1-2H3. The van der Waals surface area contributed by atoms with Crippen LogP contribution in [0.4, 0.5) is 5.69 Å². The van der Waals surface area contributed by atoms with E-state index in [0.29, 0.717) is 5.56 Å². The highest BCUT2D eigenvalue weighted by Crippen LogP contribution is 2.20. The molecular weight excluding hydrogens is 283 g/mol. The predicted octanol–water partition coefficient (Wildman–Crippen LogP) is 3.97. The van der Waals surface area contributed by atoms with Crippen molar-refractivity contribution >= 4 is 34.8 Å². The Balaban J connectivity index is 2.33. The van der Waals surface area contributed by atoms with Gasteiger partial charge in [0.15, 0.2) is 0 Å². The number of hydrogen-bond acceptors (Lipinski definition) is 2. The van der Waals surface area contributed by atoms with Crippen molar-refractivity contribution in [3.63, 3.8) is 0 Å². The Morgan fingerprint density at radius 1 is 1.16 bits per heavy atom. The van der Waals surface area contributed by atoms with Crippen molar-refractivity contribution in [1.82, 2.24) is 4.98 Å². The summed E-state index contributed by atoms with van der Waals surface area (Å²) in [4.78, 5) is 17.7. The maximum absolute atomic E-state index is 12.3. The third kappa shape index (κ3) is 3.25. The van der Waals surface area contributed by atoms with Gasteiger partial charge in [0.25, 0.3) is 5.91 Å². The molecule has 0 saturated heterocycles. The maximum atomic E-state index is 12.3. The lowest BCUT2D eigenvalue weighted by Gasteiger charge is -2.18. The third-order valence-corrected chi connectivity index (χ3v) is 3.09. The summed E-state index contributed by atoms with van der Waals surface area (Å²) in [5, 5.41) is 0.405. The molecule has 1 aromatic carbocycles. The van der Waals surface area contributed by atoms with Gasteiger partial charge in [-0.3, -0.25) is 4.79 Å². The molecule has 0 aliphatic rings. The lowest BCUT2D eigenvalue weighted by atomic mass is 10.2. The van der Waals surface area contributed by atoms with Crippen LogP contribution in [0.1, 0.15) is 15.9 Å². The Labute approximate surface area is 121 Å². The number of halogens is 2. The summed E-state index contributed by atoms with van der Waals surface area (Å²) in [5.41, 5.74) is 2.31. The highest BCUT2D eigenvalue weighted by Gasteiger charge is 2.15. The molecule has 2 aromatic rings. The van der Waals surface area contributed by atoms with Gasteiger partial charge in [0.05, 0.1) is 0 Å². The van der Waals surface area contributed by atoms with Gasteiger partial charge in [-0.1, -0.05) is 35.3 Å². The molecule has 0 N–H and O–H groups in total. The Hall–Kier alpha value is -1.58. The third-order valence-electron chi connectivity index (χ3n) is 2.70. The highest BCUT2D eigenvalue weighted by atomic mass is 35.5. The van der Waals surface area contributed by atoms with Crippen molar-refractivity contribution in [1.29, 1.82) is 0 Å². The number of benzene rings is 1. The SMILES string of the molecule is Cc1cccc(N(C)C(=O)c2cc(Cl)nc(Cl)c2)c1. The predicted molar refractivity (Wildman–Crippen MR) is 78.2 cm³/mol. The lowest BCUT2D eigenvalue weighted by Crippen LogP contribution is -2.26. The number of rotatable bonds is 2. The second kappa shape index (κ2) is 5.59. The van der Waals surface area contributed by atoms with Gasteiger partial charge in [-0.25, -0.2) is 4.98 Å². The quantitative estimate of drug-likeness (QED) is 0.785. The molecule has 5 heteroatoms. The molecule has 0 radical (unpaired) electrons. The van der Waals surface area contributed by atoms with Crippen LogP contribution in [-0.4, -0.2) is 17.9 Å². The first kappa shape index (κ1) is 13.8. The van der Waals surface area contributed by atoms with Gasteiger partial charge in [-0.15, -0.1) is 0 Å². The summed E-state index contributed by atoms with van der Waals surface area (Å²) >= 11 is 11.6.